The predicted molar refractivity (Wildman–Crippen MR) is 95.7 cm³/mol. The van der Waals surface area contributed by atoms with Gasteiger partial charge < -0.3 is 19.1 Å². The summed E-state index contributed by atoms with van der Waals surface area (Å²) in [5.74, 6) is 2.11. The van der Waals surface area contributed by atoms with E-state index in [2.05, 4.69) is 27.3 Å². The SMILES string of the molecule is Oc1cc(-c2ccc(OC3CC(c4ccnc(OC5CC5)c4)C3)nc2)on1. The van der Waals surface area contributed by atoms with Crippen LogP contribution in [0, 0.1) is 0 Å². The Kier molecular flexibility index (Phi) is 3.92. The largest absolute Gasteiger partial charge is 0.491 e. The van der Waals surface area contributed by atoms with Crippen molar-refractivity contribution in [3.8, 4) is 29.0 Å². The smallest absolute Gasteiger partial charge is 0.252 e. The standard InChI is InChI=1S/C20H19N3O4/c24-18-10-17(27-23-18)13-1-4-19(22-11-13)26-16-7-14(8-16)12-5-6-21-20(9-12)25-15-2-3-15/h1,4-6,9-11,14-16H,2-3,7-8H2,(H,23,24). The van der Waals surface area contributed by atoms with Crippen molar-refractivity contribution in [1.82, 2.24) is 15.1 Å². The minimum Gasteiger partial charge on any atom is -0.491 e. The van der Waals surface area contributed by atoms with E-state index in [0.29, 0.717) is 23.7 Å². The average molecular weight is 365 g/mol. The zero-order valence-corrected chi connectivity index (χ0v) is 14.6. The fourth-order valence-electron chi connectivity index (χ4n) is 3.20. The monoisotopic (exact) mass is 365 g/mol. The molecule has 2 aliphatic carbocycles. The Morgan fingerprint density at radius 3 is 2.52 bits per heavy atom. The molecule has 0 unspecified atom stereocenters. The van der Waals surface area contributed by atoms with Crippen molar-refractivity contribution >= 4 is 0 Å². The molecule has 0 amide bonds. The Balaban J connectivity index is 1.17. The summed E-state index contributed by atoms with van der Waals surface area (Å²) in [4.78, 5) is 8.61. The molecule has 0 spiro atoms. The van der Waals surface area contributed by atoms with Crippen LogP contribution in [0.25, 0.3) is 11.3 Å². The Bertz CT molecular complexity index is 930. The van der Waals surface area contributed by atoms with Crippen molar-refractivity contribution in [2.75, 3.05) is 0 Å². The van der Waals surface area contributed by atoms with E-state index in [1.165, 1.54) is 11.6 Å². The second kappa shape index (κ2) is 6.57. The van der Waals surface area contributed by atoms with Crippen LogP contribution < -0.4 is 9.47 Å². The number of pyridine rings is 2. The number of ether oxygens (including phenoxy) is 2. The lowest BCUT2D eigenvalue weighted by Gasteiger charge is -2.35. The first kappa shape index (κ1) is 16.1. The van der Waals surface area contributed by atoms with E-state index >= 15 is 0 Å². The summed E-state index contributed by atoms with van der Waals surface area (Å²) in [5.41, 5.74) is 2.00. The van der Waals surface area contributed by atoms with Gasteiger partial charge in [-0.2, -0.15) is 0 Å². The van der Waals surface area contributed by atoms with Crippen LogP contribution in [0.3, 0.4) is 0 Å². The number of nitrogens with zero attached hydrogens (tertiary/aromatic N) is 3. The lowest BCUT2D eigenvalue weighted by molar-refractivity contribution is 0.0934. The highest BCUT2D eigenvalue weighted by atomic mass is 16.5. The van der Waals surface area contributed by atoms with Gasteiger partial charge in [-0.25, -0.2) is 9.97 Å². The topological polar surface area (TPSA) is 90.5 Å². The second-order valence-electron chi connectivity index (χ2n) is 7.09. The van der Waals surface area contributed by atoms with Crippen molar-refractivity contribution in [2.24, 2.45) is 0 Å². The Labute approximate surface area is 156 Å². The first-order valence-electron chi connectivity index (χ1n) is 9.14. The van der Waals surface area contributed by atoms with Gasteiger partial charge in [0.15, 0.2) is 5.76 Å². The molecule has 138 valence electrons. The summed E-state index contributed by atoms with van der Waals surface area (Å²) in [6.07, 6.45) is 8.16. The molecule has 0 radical (unpaired) electrons. The van der Waals surface area contributed by atoms with Crippen molar-refractivity contribution in [1.29, 1.82) is 0 Å². The van der Waals surface area contributed by atoms with Gasteiger partial charge in [0.1, 0.15) is 12.2 Å². The summed E-state index contributed by atoms with van der Waals surface area (Å²) >= 11 is 0. The summed E-state index contributed by atoms with van der Waals surface area (Å²) in [6.45, 7) is 0. The van der Waals surface area contributed by atoms with Crippen molar-refractivity contribution in [3.63, 3.8) is 0 Å². The minimum absolute atomic E-state index is 0.146. The van der Waals surface area contributed by atoms with E-state index in [1.54, 1.807) is 12.3 Å². The number of aromatic hydroxyl groups is 1. The third-order valence-corrected chi connectivity index (χ3v) is 4.94. The third kappa shape index (κ3) is 3.58. The van der Waals surface area contributed by atoms with E-state index in [4.69, 9.17) is 14.0 Å². The van der Waals surface area contributed by atoms with Gasteiger partial charge in [0.25, 0.3) is 5.88 Å². The summed E-state index contributed by atoms with van der Waals surface area (Å²) in [5, 5.41) is 12.7. The van der Waals surface area contributed by atoms with Crippen molar-refractivity contribution in [3.05, 3.63) is 48.3 Å². The van der Waals surface area contributed by atoms with Crippen LogP contribution in [0.4, 0.5) is 0 Å². The molecule has 7 nitrogen and oxygen atoms in total. The molecule has 5 rings (SSSR count). The van der Waals surface area contributed by atoms with Gasteiger partial charge in [-0.1, -0.05) is 0 Å². The maximum absolute atomic E-state index is 9.25. The highest BCUT2D eigenvalue weighted by Crippen LogP contribution is 2.40. The van der Waals surface area contributed by atoms with Gasteiger partial charge in [0.05, 0.1) is 0 Å². The second-order valence-corrected chi connectivity index (χ2v) is 7.09. The average Bonchev–Trinajstić information content (AvgIpc) is 3.36. The van der Waals surface area contributed by atoms with Gasteiger partial charge in [-0.3, -0.25) is 0 Å². The van der Waals surface area contributed by atoms with Gasteiger partial charge in [0.2, 0.25) is 11.8 Å². The molecule has 0 bridgehead atoms. The normalized spacial score (nSPS) is 21.5. The quantitative estimate of drug-likeness (QED) is 0.712. The number of hydrogen-bond donors (Lipinski definition) is 1. The van der Waals surface area contributed by atoms with E-state index in [0.717, 1.165) is 37.1 Å². The number of rotatable bonds is 6. The maximum Gasteiger partial charge on any atom is 0.252 e. The van der Waals surface area contributed by atoms with Crippen LogP contribution in [-0.2, 0) is 0 Å². The molecule has 27 heavy (non-hydrogen) atoms. The minimum atomic E-state index is -0.146. The predicted octanol–water partition coefficient (Wildman–Crippen LogP) is 3.70. The molecule has 3 heterocycles. The first-order chi connectivity index (χ1) is 13.2. The lowest BCUT2D eigenvalue weighted by atomic mass is 9.78. The zero-order chi connectivity index (χ0) is 18.2. The maximum atomic E-state index is 9.25. The van der Waals surface area contributed by atoms with Gasteiger partial charge in [-0.15, -0.1) is 0 Å². The molecule has 2 aliphatic rings. The molecule has 1 N–H and O–H groups in total. The highest BCUT2D eigenvalue weighted by molar-refractivity contribution is 5.57. The zero-order valence-electron chi connectivity index (χ0n) is 14.6. The van der Waals surface area contributed by atoms with E-state index in [1.807, 2.05) is 12.3 Å². The fourth-order valence-corrected chi connectivity index (χ4v) is 3.20. The molecule has 2 saturated carbocycles. The summed E-state index contributed by atoms with van der Waals surface area (Å²) in [6, 6.07) is 9.20. The number of hydrogen-bond acceptors (Lipinski definition) is 7. The van der Waals surface area contributed by atoms with Crippen LogP contribution in [0.2, 0.25) is 0 Å². The van der Waals surface area contributed by atoms with Crippen LogP contribution in [-0.4, -0.2) is 32.4 Å². The molecule has 3 aromatic heterocycles. The van der Waals surface area contributed by atoms with Crippen LogP contribution in [0.1, 0.15) is 37.2 Å². The Morgan fingerprint density at radius 2 is 1.81 bits per heavy atom. The van der Waals surface area contributed by atoms with E-state index in [-0.39, 0.29) is 12.0 Å². The molecule has 0 saturated heterocycles. The third-order valence-electron chi connectivity index (χ3n) is 4.94. The highest BCUT2D eigenvalue weighted by Gasteiger charge is 2.33. The van der Waals surface area contributed by atoms with Crippen LogP contribution >= 0.6 is 0 Å². The van der Waals surface area contributed by atoms with Gasteiger partial charge in [-0.05, 0) is 54.5 Å². The fraction of sp³-hybridized carbons (Fsp3) is 0.350. The molecule has 3 aromatic rings. The molecule has 7 heteroatoms. The van der Waals surface area contributed by atoms with E-state index in [9.17, 15) is 5.11 Å². The first-order valence-corrected chi connectivity index (χ1v) is 9.14. The molecular weight excluding hydrogens is 346 g/mol. The molecule has 0 aromatic carbocycles. The van der Waals surface area contributed by atoms with Crippen LogP contribution in [0.15, 0.2) is 47.2 Å². The van der Waals surface area contributed by atoms with Gasteiger partial charge in [0, 0.05) is 36.2 Å². The molecule has 0 aliphatic heterocycles. The molecule has 0 atom stereocenters. The van der Waals surface area contributed by atoms with Crippen molar-refractivity contribution < 1.29 is 19.1 Å². The summed E-state index contributed by atoms with van der Waals surface area (Å²) < 4.78 is 16.7. The van der Waals surface area contributed by atoms with Crippen LogP contribution in [0.5, 0.6) is 17.6 Å². The number of aromatic nitrogens is 3. The Hall–Kier alpha value is -3.09. The Morgan fingerprint density at radius 1 is 0.963 bits per heavy atom. The lowest BCUT2D eigenvalue weighted by Crippen LogP contribution is -2.32. The molecule has 2 fully saturated rings. The van der Waals surface area contributed by atoms with Gasteiger partial charge >= 0.3 is 0 Å². The van der Waals surface area contributed by atoms with Crippen molar-refractivity contribution in [2.45, 2.75) is 43.8 Å². The van der Waals surface area contributed by atoms with E-state index < -0.39 is 0 Å². The molecular formula is C20H19N3O4. The summed E-state index contributed by atoms with van der Waals surface area (Å²) in [7, 11) is 0.